The lowest BCUT2D eigenvalue weighted by molar-refractivity contribution is -0.119. The summed E-state index contributed by atoms with van der Waals surface area (Å²) in [7, 11) is 0. The van der Waals surface area contributed by atoms with Crippen LogP contribution >= 0.6 is 23.2 Å². The molecule has 0 aromatic heterocycles. The number of esters is 1. The minimum Gasteiger partial charge on any atom is -0.452 e. The zero-order valence-corrected chi connectivity index (χ0v) is 16.5. The Bertz CT molecular complexity index is 1050. The van der Waals surface area contributed by atoms with Crippen LogP contribution in [0.25, 0.3) is 0 Å². The van der Waals surface area contributed by atoms with Gasteiger partial charge in [0.05, 0.1) is 16.3 Å². The van der Waals surface area contributed by atoms with Crippen molar-refractivity contribution in [2.45, 2.75) is 0 Å². The molecule has 3 aromatic rings. The molecular formula is C22H15Cl2NO4. The van der Waals surface area contributed by atoms with E-state index in [0.29, 0.717) is 21.8 Å². The van der Waals surface area contributed by atoms with Crippen molar-refractivity contribution < 1.29 is 19.1 Å². The van der Waals surface area contributed by atoms with Crippen LogP contribution in [0.5, 0.6) is 0 Å². The van der Waals surface area contributed by atoms with Gasteiger partial charge in [0.15, 0.2) is 12.4 Å². The first kappa shape index (κ1) is 20.6. The average molecular weight is 428 g/mol. The van der Waals surface area contributed by atoms with Gasteiger partial charge in [0.25, 0.3) is 5.91 Å². The van der Waals surface area contributed by atoms with E-state index >= 15 is 0 Å². The van der Waals surface area contributed by atoms with Gasteiger partial charge in [-0.15, -0.1) is 0 Å². The van der Waals surface area contributed by atoms with E-state index in [4.69, 9.17) is 27.9 Å². The molecule has 0 aliphatic heterocycles. The highest BCUT2D eigenvalue weighted by molar-refractivity contribution is 6.36. The van der Waals surface area contributed by atoms with Gasteiger partial charge >= 0.3 is 5.97 Å². The summed E-state index contributed by atoms with van der Waals surface area (Å²) in [5, 5.41) is 3.25. The summed E-state index contributed by atoms with van der Waals surface area (Å²) in [6, 6.07) is 19.5. The molecule has 0 spiro atoms. The van der Waals surface area contributed by atoms with Crippen LogP contribution < -0.4 is 5.32 Å². The Balaban J connectivity index is 1.56. The van der Waals surface area contributed by atoms with Gasteiger partial charge in [0, 0.05) is 16.1 Å². The predicted molar refractivity (Wildman–Crippen MR) is 112 cm³/mol. The van der Waals surface area contributed by atoms with Crippen molar-refractivity contribution in [2.75, 3.05) is 11.9 Å². The van der Waals surface area contributed by atoms with Crippen LogP contribution in [0.15, 0.2) is 72.8 Å². The van der Waals surface area contributed by atoms with Crippen molar-refractivity contribution in [2.24, 2.45) is 0 Å². The van der Waals surface area contributed by atoms with Crippen LogP contribution in [-0.2, 0) is 9.53 Å². The number of nitrogens with one attached hydrogen (secondary N) is 1. The molecule has 0 unspecified atom stereocenters. The van der Waals surface area contributed by atoms with Crippen LogP contribution in [0.2, 0.25) is 10.0 Å². The third-order valence-corrected chi connectivity index (χ3v) is 4.51. The van der Waals surface area contributed by atoms with Gasteiger partial charge < -0.3 is 10.1 Å². The van der Waals surface area contributed by atoms with Gasteiger partial charge in [0.2, 0.25) is 0 Å². The van der Waals surface area contributed by atoms with Crippen molar-refractivity contribution in [1.82, 2.24) is 0 Å². The number of benzene rings is 3. The molecule has 3 aromatic carbocycles. The lowest BCUT2D eigenvalue weighted by atomic mass is 10.0. The van der Waals surface area contributed by atoms with Gasteiger partial charge in [-0.05, 0) is 30.3 Å². The number of carbonyl (C=O) groups excluding carboxylic acids is 3. The normalized spacial score (nSPS) is 10.3. The third kappa shape index (κ3) is 5.44. The Morgan fingerprint density at radius 2 is 1.41 bits per heavy atom. The summed E-state index contributed by atoms with van der Waals surface area (Å²) in [5.74, 6) is -1.37. The highest BCUT2D eigenvalue weighted by Crippen LogP contribution is 2.25. The monoisotopic (exact) mass is 427 g/mol. The maximum absolute atomic E-state index is 12.4. The van der Waals surface area contributed by atoms with Crippen LogP contribution in [0, 0.1) is 0 Å². The van der Waals surface area contributed by atoms with Crippen molar-refractivity contribution in [3.8, 4) is 0 Å². The fourth-order valence-electron chi connectivity index (χ4n) is 2.51. The fourth-order valence-corrected chi connectivity index (χ4v) is 2.96. The second kappa shape index (κ2) is 9.37. The molecule has 5 nitrogen and oxygen atoms in total. The van der Waals surface area contributed by atoms with E-state index in [2.05, 4.69) is 5.32 Å². The molecule has 3 rings (SSSR count). The molecule has 29 heavy (non-hydrogen) atoms. The van der Waals surface area contributed by atoms with Gasteiger partial charge in [0.1, 0.15) is 0 Å². The number of rotatable bonds is 6. The number of halogens is 2. The Morgan fingerprint density at radius 1 is 0.793 bits per heavy atom. The summed E-state index contributed by atoms with van der Waals surface area (Å²) in [5.41, 5.74) is 1.59. The molecule has 0 fully saturated rings. The Hall–Kier alpha value is -3.15. The Kier molecular flexibility index (Phi) is 6.65. The number of carbonyl (C=O) groups is 3. The van der Waals surface area contributed by atoms with E-state index in [-0.39, 0.29) is 16.4 Å². The van der Waals surface area contributed by atoms with E-state index in [1.165, 1.54) is 18.2 Å². The fraction of sp³-hybridized carbons (Fsp3) is 0.0455. The first-order valence-electron chi connectivity index (χ1n) is 8.56. The second-order valence-corrected chi connectivity index (χ2v) is 6.86. The number of anilines is 1. The summed E-state index contributed by atoms with van der Waals surface area (Å²) < 4.78 is 5.01. The molecular weight excluding hydrogens is 413 g/mol. The third-order valence-electron chi connectivity index (χ3n) is 3.96. The molecule has 0 aliphatic rings. The number of ether oxygens (including phenoxy) is 1. The average Bonchev–Trinajstić information content (AvgIpc) is 2.74. The summed E-state index contributed by atoms with van der Waals surface area (Å²) in [6.07, 6.45) is 0. The van der Waals surface area contributed by atoms with E-state index in [9.17, 15) is 14.4 Å². The zero-order valence-electron chi connectivity index (χ0n) is 15.0. The smallest absolute Gasteiger partial charge is 0.338 e. The summed E-state index contributed by atoms with van der Waals surface area (Å²) >= 11 is 11.8. The molecule has 0 heterocycles. The number of amides is 1. The summed E-state index contributed by atoms with van der Waals surface area (Å²) in [6.45, 7) is -0.484. The second-order valence-electron chi connectivity index (χ2n) is 6.02. The molecule has 0 saturated carbocycles. The zero-order chi connectivity index (χ0) is 20.8. The molecule has 0 bridgehead atoms. The van der Waals surface area contributed by atoms with Gasteiger partial charge in [-0.2, -0.15) is 0 Å². The standard InChI is InChI=1S/C22H15Cl2NO4/c23-17-10-11-19(18(24)12-17)25-20(26)13-29-22(28)16-8-6-15(7-9-16)21(27)14-4-2-1-3-5-14/h1-12H,13H2,(H,25,26). The van der Waals surface area contributed by atoms with Gasteiger partial charge in [-0.25, -0.2) is 4.79 Å². The molecule has 0 atom stereocenters. The number of hydrogen-bond donors (Lipinski definition) is 1. The van der Waals surface area contributed by atoms with Crippen LogP contribution in [0.4, 0.5) is 5.69 Å². The minimum absolute atomic E-state index is 0.148. The maximum Gasteiger partial charge on any atom is 0.338 e. The quantitative estimate of drug-likeness (QED) is 0.442. The predicted octanol–water partition coefficient (Wildman–Crippen LogP) is 5.02. The topological polar surface area (TPSA) is 72.5 Å². The van der Waals surface area contributed by atoms with Gasteiger partial charge in [-0.3, -0.25) is 9.59 Å². The van der Waals surface area contributed by atoms with Crippen LogP contribution in [0.1, 0.15) is 26.3 Å². The van der Waals surface area contributed by atoms with E-state index in [0.717, 1.165) is 0 Å². The number of hydrogen-bond acceptors (Lipinski definition) is 4. The van der Waals surface area contributed by atoms with Crippen molar-refractivity contribution in [3.63, 3.8) is 0 Å². The van der Waals surface area contributed by atoms with Crippen molar-refractivity contribution in [1.29, 1.82) is 0 Å². The Morgan fingerprint density at radius 3 is 2.07 bits per heavy atom. The summed E-state index contributed by atoms with van der Waals surface area (Å²) in [4.78, 5) is 36.5. The molecule has 0 aliphatic carbocycles. The number of ketones is 1. The SMILES string of the molecule is O=C(COC(=O)c1ccc(C(=O)c2ccccc2)cc1)Nc1ccc(Cl)cc1Cl. The van der Waals surface area contributed by atoms with Crippen LogP contribution in [-0.4, -0.2) is 24.3 Å². The Labute approximate surface area is 177 Å². The highest BCUT2D eigenvalue weighted by Gasteiger charge is 2.14. The highest BCUT2D eigenvalue weighted by atomic mass is 35.5. The molecule has 1 N–H and O–H groups in total. The molecule has 7 heteroatoms. The van der Waals surface area contributed by atoms with E-state index in [1.807, 2.05) is 6.07 Å². The van der Waals surface area contributed by atoms with Crippen molar-refractivity contribution >= 4 is 46.5 Å². The minimum atomic E-state index is -0.680. The van der Waals surface area contributed by atoms with Crippen LogP contribution in [0.3, 0.4) is 0 Å². The molecule has 0 saturated heterocycles. The molecule has 146 valence electrons. The maximum atomic E-state index is 12.4. The molecule has 0 radical (unpaired) electrons. The van der Waals surface area contributed by atoms with E-state index < -0.39 is 18.5 Å². The largest absolute Gasteiger partial charge is 0.452 e. The van der Waals surface area contributed by atoms with Crippen molar-refractivity contribution in [3.05, 3.63) is 99.5 Å². The first-order valence-corrected chi connectivity index (χ1v) is 9.31. The molecule has 1 amide bonds. The first-order chi connectivity index (χ1) is 13.9. The van der Waals surface area contributed by atoms with E-state index in [1.54, 1.807) is 48.5 Å². The lowest BCUT2D eigenvalue weighted by Gasteiger charge is -2.08. The lowest BCUT2D eigenvalue weighted by Crippen LogP contribution is -2.21. The van der Waals surface area contributed by atoms with Gasteiger partial charge in [-0.1, -0.05) is 65.7 Å².